The molecular weight excluding hydrogens is 416 g/mol. The molecule has 33 heavy (non-hydrogen) atoms. The van der Waals surface area contributed by atoms with Crippen LogP contribution < -0.4 is 10.6 Å². The number of carboxylic acids is 1. The molecular formula is C27H50N2O4. The Morgan fingerprint density at radius 2 is 1.52 bits per heavy atom. The van der Waals surface area contributed by atoms with Crippen LogP contribution in [0.15, 0.2) is 11.6 Å². The van der Waals surface area contributed by atoms with Crippen LogP contribution >= 0.6 is 0 Å². The summed E-state index contributed by atoms with van der Waals surface area (Å²) in [5, 5.41) is 15.6. The van der Waals surface area contributed by atoms with Crippen LogP contribution in [-0.4, -0.2) is 41.9 Å². The lowest BCUT2D eigenvalue weighted by Gasteiger charge is -2.38. The molecule has 0 saturated carbocycles. The lowest BCUT2D eigenvalue weighted by Crippen LogP contribution is -2.59. The number of allylic oxidation sites excluding steroid dienone is 1. The summed E-state index contributed by atoms with van der Waals surface area (Å²) in [5.41, 5.74) is -0.514. The van der Waals surface area contributed by atoms with Gasteiger partial charge in [0.2, 0.25) is 5.91 Å². The first-order valence-corrected chi connectivity index (χ1v) is 12.4. The van der Waals surface area contributed by atoms with Crippen LogP contribution in [-0.2, 0) is 14.4 Å². The number of carbonyl (C=O) groups is 3. The Labute approximate surface area is 202 Å². The lowest BCUT2D eigenvalue weighted by molar-refractivity contribution is -0.135. The minimum Gasteiger partial charge on any atom is -0.478 e. The molecule has 0 aromatic rings. The average Bonchev–Trinajstić information content (AvgIpc) is 2.68. The summed E-state index contributed by atoms with van der Waals surface area (Å²) >= 11 is 0. The van der Waals surface area contributed by atoms with Gasteiger partial charge in [0.15, 0.2) is 5.78 Å². The average molecular weight is 467 g/mol. The molecule has 0 aromatic carbocycles. The van der Waals surface area contributed by atoms with Gasteiger partial charge >= 0.3 is 5.97 Å². The number of nitrogens with one attached hydrogen (secondary N) is 2. The van der Waals surface area contributed by atoms with Crippen LogP contribution in [0.5, 0.6) is 0 Å². The third kappa shape index (κ3) is 9.60. The largest absolute Gasteiger partial charge is 0.478 e. The van der Waals surface area contributed by atoms with Crippen molar-refractivity contribution in [3.8, 4) is 0 Å². The van der Waals surface area contributed by atoms with Gasteiger partial charge in [-0.15, -0.1) is 0 Å². The van der Waals surface area contributed by atoms with Gasteiger partial charge in [-0.3, -0.25) is 9.59 Å². The van der Waals surface area contributed by atoms with Crippen molar-refractivity contribution < 1.29 is 19.5 Å². The zero-order valence-electron chi connectivity index (χ0n) is 23.0. The number of likely N-dealkylation sites (N-methyl/N-ethyl adjacent to an activating group) is 1. The minimum atomic E-state index is -0.983. The molecule has 0 radical (unpaired) electrons. The summed E-state index contributed by atoms with van der Waals surface area (Å²) in [6.45, 7) is 19.6. The number of rotatable bonds is 14. The highest BCUT2D eigenvalue weighted by Gasteiger charge is 2.41. The van der Waals surface area contributed by atoms with E-state index in [0.29, 0.717) is 0 Å². The van der Waals surface area contributed by atoms with Gasteiger partial charge in [-0.1, -0.05) is 87.7 Å². The molecule has 3 N–H and O–H groups in total. The fourth-order valence-corrected chi connectivity index (χ4v) is 4.52. The number of hydrogen-bond acceptors (Lipinski definition) is 4. The molecule has 192 valence electrons. The minimum absolute atomic E-state index is 0.0670. The van der Waals surface area contributed by atoms with Crippen molar-refractivity contribution in [1.29, 1.82) is 0 Å². The highest BCUT2D eigenvalue weighted by molar-refractivity contribution is 5.93. The summed E-state index contributed by atoms with van der Waals surface area (Å²) in [7, 11) is 1.79. The number of carbonyl (C=O) groups excluding carboxylic acids is 2. The van der Waals surface area contributed by atoms with E-state index in [9.17, 15) is 19.5 Å². The zero-order chi connectivity index (χ0) is 26.1. The molecule has 0 spiro atoms. The molecule has 0 aromatic heterocycles. The van der Waals surface area contributed by atoms with E-state index in [1.165, 1.54) is 0 Å². The van der Waals surface area contributed by atoms with Crippen molar-refractivity contribution >= 4 is 17.7 Å². The molecule has 1 amide bonds. The van der Waals surface area contributed by atoms with E-state index in [-0.39, 0.29) is 34.5 Å². The molecule has 0 fully saturated rings. The second kappa shape index (κ2) is 13.3. The lowest BCUT2D eigenvalue weighted by atomic mass is 9.73. The Hall–Kier alpha value is -1.69. The summed E-state index contributed by atoms with van der Waals surface area (Å²) in [6, 6.07) is -1.10. The predicted octanol–water partition coefficient (Wildman–Crippen LogP) is 5.22. The molecule has 0 aliphatic rings. The van der Waals surface area contributed by atoms with Crippen LogP contribution in [0.1, 0.15) is 94.9 Å². The molecule has 0 bridgehead atoms. The van der Waals surface area contributed by atoms with E-state index in [2.05, 4.69) is 31.4 Å². The highest BCUT2D eigenvalue weighted by atomic mass is 16.4. The maximum Gasteiger partial charge on any atom is 0.330 e. The standard InChI is InChI=1S/C27H50N2O4/c1-12-13-14-15-27(9,10)23(28-11)24(31)29-22(26(6,7)8)21(30)19(5)20(17(2)3)16-18(4)25(32)33/h16-17,19-20,22-23,28H,12-15H2,1-11H3,(H,29,31)(H,32,33)/b18-16+/t19?,20-,22-,23-/m1/s1. The van der Waals surface area contributed by atoms with Gasteiger partial charge in [-0.2, -0.15) is 0 Å². The summed E-state index contributed by atoms with van der Waals surface area (Å²) in [4.78, 5) is 38.4. The molecule has 4 atom stereocenters. The second-order valence-corrected chi connectivity index (χ2v) is 11.6. The Bertz CT molecular complexity index is 689. The molecule has 0 aliphatic carbocycles. The van der Waals surface area contributed by atoms with Crippen LogP contribution in [0.3, 0.4) is 0 Å². The number of aliphatic carboxylic acids is 1. The predicted molar refractivity (Wildman–Crippen MR) is 136 cm³/mol. The Morgan fingerprint density at radius 1 is 0.970 bits per heavy atom. The van der Waals surface area contributed by atoms with Gasteiger partial charge in [0, 0.05) is 11.5 Å². The molecule has 6 nitrogen and oxygen atoms in total. The summed E-state index contributed by atoms with van der Waals surface area (Å²) in [5.74, 6) is -1.81. The SMILES string of the molecule is CCCCCC(C)(C)[C@H](NC)C(=O)N[C@H](C(=O)C(C)[C@H](/C=C(\C)C(=O)O)C(C)C)C(C)(C)C. The van der Waals surface area contributed by atoms with E-state index in [4.69, 9.17) is 0 Å². The van der Waals surface area contributed by atoms with Crippen LogP contribution in [0, 0.1) is 28.6 Å². The van der Waals surface area contributed by atoms with Crippen molar-refractivity contribution in [2.24, 2.45) is 28.6 Å². The van der Waals surface area contributed by atoms with Gasteiger partial charge in [-0.25, -0.2) is 4.79 Å². The smallest absolute Gasteiger partial charge is 0.330 e. The van der Waals surface area contributed by atoms with Crippen molar-refractivity contribution in [2.75, 3.05) is 7.05 Å². The zero-order valence-corrected chi connectivity index (χ0v) is 23.0. The second-order valence-electron chi connectivity index (χ2n) is 11.6. The number of ketones is 1. The van der Waals surface area contributed by atoms with Gasteiger partial charge < -0.3 is 15.7 Å². The van der Waals surface area contributed by atoms with Crippen molar-refractivity contribution in [3.05, 3.63) is 11.6 Å². The summed E-state index contributed by atoms with van der Waals surface area (Å²) < 4.78 is 0. The van der Waals surface area contributed by atoms with Crippen molar-refractivity contribution in [3.63, 3.8) is 0 Å². The highest BCUT2D eigenvalue weighted by Crippen LogP contribution is 2.32. The first-order chi connectivity index (χ1) is 15.0. The first kappa shape index (κ1) is 31.3. The molecule has 0 rings (SSSR count). The van der Waals surface area contributed by atoms with Crippen LogP contribution in [0.2, 0.25) is 0 Å². The normalized spacial score (nSPS) is 16.8. The van der Waals surface area contributed by atoms with Gasteiger partial charge in [-0.05, 0) is 43.1 Å². The third-order valence-corrected chi connectivity index (χ3v) is 6.77. The van der Waals surface area contributed by atoms with E-state index in [0.717, 1.165) is 25.7 Å². The van der Waals surface area contributed by atoms with Crippen LogP contribution in [0.25, 0.3) is 0 Å². The Kier molecular flexibility index (Phi) is 12.6. The topological polar surface area (TPSA) is 95.5 Å². The number of amides is 1. The molecule has 0 saturated heterocycles. The van der Waals surface area contributed by atoms with E-state index in [1.807, 2.05) is 41.5 Å². The number of unbranched alkanes of at least 4 members (excludes halogenated alkanes) is 2. The number of carboxylic acid groups (broad SMARTS) is 1. The molecule has 1 unspecified atom stereocenters. The van der Waals surface area contributed by atoms with Crippen molar-refractivity contribution in [2.45, 2.75) is 107 Å². The quantitative estimate of drug-likeness (QED) is 0.241. The van der Waals surface area contributed by atoms with Gasteiger partial charge in [0.05, 0.1) is 12.1 Å². The molecule has 6 heteroatoms. The number of Topliss-reactive ketones (excluding diaryl/α,β-unsaturated/α-hetero) is 1. The third-order valence-electron chi connectivity index (χ3n) is 6.77. The summed E-state index contributed by atoms with van der Waals surface area (Å²) in [6.07, 6.45) is 5.90. The molecule has 0 aliphatic heterocycles. The Balaban J connectivity index is 5.88. The monoisotopic (exact) mass is 466 g/mol. The maximum absolute atomic E-state index is 13.7. The first-order valence-electron chi connectivity index (χ1n) is 12.4. The van der Waals surface area contributed by atoms with E-state index < -0.39 is 29.4 Å². The fraction of sp³-hybridized carbons (Fsp3) is 0.815. The van der Waals surface area contributed by atoms with E-state index in [1.54, 1.807) is 20.0 Å². The molecule has 0 heterocycles. The fourth-order valence-electron chi connectivity index (χ4n) is 4.52. The Morgan fingerprint density at radius 3 is 1.91 bits per heavy atom. The van der Waals surface area contributed by atoms with Crippen molar-refractivity contribution in [1.82, 2.24) is 10.6 Å². The van der Waals surface area contributed by atoms with Gasteiger partial charge in [0.25, 0.3) is 0 Å². The van der Waals surface area contributed by atoms with Gasteiger partial charge in [0.1, 0.15) is 0 Å². The maximum atomic E-state index is 13.7. The van der Waals surface area contributed by atoms with Crippen LogP contribution in [0.4, 0.5) is 0 Å². The number of hydrogen-bond donors (Lipinski definition) is 3. The van der Waals surface area contributed by atoms with E-state index >= 15 is 0 Å².